The smallest absolute Gasteiger partial charge is 0.328 e. The van der Waals surface area contributed by atoms with Gasteiger partial charge in [0.05, 0.1) is 6.54 Å². The minimum Gasteiger partial charge on any atom is -0.508 e. The number of hydrogen-bond donors (Lipinski definition) is 3. The number of nitrogens with one attached hydrogen (secondary N) is 1. The lowest BCUT2D eigenvalue weighted by Crippen LogP contribution is -2.29. The summed E-state index contributed by atoms with van der Waals surface area (Å²) in [6, 6.07) is 8.65. The third kappa shape index (κ3) is 4.42. The molecule has 1 amide bonds. The van der Waals surface area contributed by atoms with Gasteiger partial charge in [-0.05, 0) is 35.4 Å². The maximum absolute atomic E-state index is 12.1. The van der Waals surface area contributed by atoms with Crippen molar-refractivity contribution in [3.05, 3.63) is 59.3 Å². The first-order chi connectivity index (χ1) is 12.0. The van der Waals surface area contributed by atoms with Gasteiger partial charge in [0.1, 0.15) is 11.6 Å². The average Bonchev–Trinajstić information content (AvgIpc) is 2.72. The molecule has 128 valence electrons. The molecule has 0 spiro atoms. The number of pyridine rings is 1. The van der Waals surface area contributed by atoms with Crippen molar-refractivity contribution >= 4 is 23.8 Å². The number of hydrogen-bond acceptors (Lipinski definition) is 5. The number of aromatic hydroxyl groups is 1. The number of carbonyl (C=O) groups is 2. The highest BCUT2D eigenvalue weighted by Crippen LogP contribution is 2.22. The Bertz CT molecular complexity index is 831. The minimum absolute atomic E-state index is 0.154. The van der Waals surface area contributed by atoms with Crippen LogP contribution in [-0.4, -0.2) is 38.5 Å². The number of phenolic OH excluding ortho intramolecular Hbond substituents is 1. The van der Waals surface area contributed by atoms with Crippen LogP contribution in [0.3, 0.4) is 0 Å². The van der Waals surface area contributed by atoms with Gasteiger partial charge >= 0.3 is 5.97 Å². The van der Waals surface area contributed by atoms with Crippen LogP contribution >= 0.6 is 0 Å². The summed E-state index contributed by atoms with van der Waals surface area (Å²) in [6.45, 7) is 1.26. The fourth-order valence-corrected chi connectivity index (χ4v) is 2.66. The van der Waals surface area contributed by atoms with Crippen LogP contribution in [0.5, 0.6) is 5.75 Å². The second kappa shape index (κ2) is 7.14. The van der Waals surface area contributed by atoms with Gasteiger partial charge in [-0.2, -0.15) is 0 Å². The molecule has 1 aromatic heterocycles. The minimum atomic E-state index is -1.03. The number of anilines is 1. The normalized spacial score (nSPS) is 14.8. The number of amides is 1. The molecule has 1 aromatic carbocycles. The monoisotopic (exact) mass is 339 g/mol. The fraction of sp³-hybridized carbons (Fsp3) is 0.167. The highest BCUT2D eigenvalue weighted by atomic mass is 16.4. The molecular formula is C18H17N3O4. The Morgan fingerprint density at radius 3 is 2.76 bits per heavy atom. The van der Waals surface area contributed by atoms with Crippen molar-refractivity contribution in [1.29, 1.82) is 0 Å². The van der Waals surface area contributed by atoms with E-state index in [1.54, 1.807) is 12.1 Å². The van der Waals surface area contributed by atoms with Crippen LogP contribution in [0.2, 0.25) is 0 Å². The van der Waals surface area contributed by atoms with Crippen molar-refractivity contribution in [2.75, 3.05) is 11.9 Å². The first-order valence-electron chi connectivity index (χ1n) is 7.69. The van der Waals surface area contributed by atoms with E-state index < -0.39 is 5.97 Å². The van der Waals surface area contributed by atoms with E-state index in [-0.39, 0.29) is 18.2 Å². The van der Waals surface area contributed by atoms with Gasteiger partial charge < -0.3 is 15.5 Å². The molecule has 3 N–H and O–H groups in total. The largest absolute Gasteiger partial charge is 0.508 e. The third-order valence-corrected chi connectivity index (χ3v) is 3.77. The standard InChI is InChI=1S/C18H17N3O4/c22-15-4-1-12(2-5-15)9-21-10-14-7-13(3-6-17(24)25)8-19-18(14)20-16(23)11-21/h1-8,22H,9-11H2,(H,24,25)(H,19,20,23)/b6-3+. The zero-order valence-corrected chi connectivity index (χ0v) is 13.3. The summed E-state index contributed by atoms with van der Waals surface area (Å²) in [5.74, 6) is -0.497. The number of benzene rings is 1. The summed E-state index contributed by atoms with van der Waals surface area (Å²) in [6.07, 6.45) is 4.04. The predicted octanol–water partition coefficient (Wildman–Crippen LogP) is 1.84. The molecule has 0 saturated carbocycles. The van der Waals surface area contributed by atoms with Crippen molar-refractivity contribution in [3.63, 3.8) is 0 Å². The molecule has 2 aromatic rings. The highest BCUT2D eigenvalue weighted by Gasteiger charge is 2.20. The molecule has 0 bridgehead atoms. The third-order valence-electron chi connectivity index (χ3n) is 3.77. The molecule has 0 unspecified atom stereocenters. The quantitative estimate of drug-likeness (QED) is 0.735. The predicted molar refractivity (Wildman–Crippen MR) is 91.8 cm³/mol. The van der Waals surface area contributed by atoms with Crippen molar-refractivity contribution in [1.82, 2.24) is 9.88 Å². The summed E-state index contributed by atoms with van der Waals surface area (Å²) in [7, 11) is 0. The number of carboxylic acid groups (broad SMARTS) is 1. The maximum Gasteiger partial charge on any atom is 0.328 e. The number of nitrogens with zero attached hydrogens (tertiary/aromatic N) is 2. The summed E-state index contributed by atoms with van der Waals surface area (Å²) in [5.41, 5.74) is 2.45. The Labute approximate surface area is 144 Å². The van der Waals surface area contributed by atoms with Gasteiger partial charge in [0, 0.05) is 30.9 Å². The van der Waals surface area contributed by atoms with Crippen LogP contribution in [0.1, 0.15) is 16.7 Å². The number of phenols is 1. The van der Waals surface area contributed by atoms with E-state index in [2.05, 4.69) is 10.3 Å². The fourth-order valence-electron chi connectivity index (χ4n) is 2.66. The molecule has 7 heteroatoms. The van der Waals surface area contributed by atoms with Crippen molar-refractivity contribution in [2.24, 2.45) is 0 Å². The van der Waals surface area contributed by atoms with Crippen molar-refractivity contribution < 1.29 is 19.8 Å². The topological polar surface area (TPSA) is 103 Å². The Morgan fingerprint density at radius 2 is 2.04 bits per heavy atom. The van der Waals surface area contributed by atoms with E-state index >= 15 is 0 Å². The SMILES string of the molecule is O=C(O)/C=C/c1cnc2c(c1)CN(Cc1ccc(O)cc1)CC(=O)N2. The molecule has 1 aliphatic heterocycles. The van der Waals surface area contributed by atoms with Crippen LogP contribution in [0.15, 0.2) is 42.6 Å². The van der Waals surface area contributed by atoms with E-state index in [9.17, 15) is 14.7 Å². The average molecular weight is 339 g/mol. The van der Waals surface area contributed by atoms with E-state index in [1.165, 1.54) is 12.3 Å². The summed E-state index contributed by atoms with van der Waals surface area (Å²) < 4.78 is 0. The van der Waals surface area contributed by atoms with Crippen molar-refractivity contribution in [3.8, 4) is 5.75 Å². The van der Waals surface area contributed by atoms with E-state index in [0.717, 1.165) is 17.2 Å². The van der Waals surface area contributed by atoms with Crippen molar-refractivity contribution in [2.45, 2.75) is 13.1 Å². The molecule has 25 heavy (non-hydrogen) atoms. The Kier molecular flexibility index (Phi) is 4.76. The first kappa shape index (κ1) is 16.7. The van der Waals surface area contributed by atoms with Crippen LogP contribution in [-0.2, 0) is 22.7 Å². The van der Waals surface area contributed by atoms with E-state index in [0.29, 0.717) is 24.5 Å². The van der Waals surface area contributed by atoms with Gasteiger partial charge in [-0.15, -0.1) is 0 Å². The van der Waals surface area contributed by atoms with Gasteiger partial charge in [0.15, 0.2) is 0 Å². The van der Waals surface area contributed by atoms with Gasteiger partial charge in [-0.3, -0.25) is 9.69 Å². The molecule has 0 saturated heterocycles. The lowest BCUT2D eigenvalue weighted by Gasteiger charge is -2.19. The number of aliphatic carboxylic acids is 1. The first-order valence-corrected chi connectivity index (χ1v) is 7.69. The van der Waals surface area contributed by atoms with Gasteiger partial charge in [0.25, 0.3) is 0 Å². The van der Waals surface area contributed by atoms with Crippen LogP contribution in [0.25, 0.3) is 6.08 Å². The Morgan fingerprint density at radius 1 is 1.28 bits per heavy atom. The van der Waals surface area contributed by atoms with E-state index in [4.69, 9.17) is 5.11 Å². The molecule has 0 fully saturated rings. The number of fused-ring (bicyclic) bond motifs is 1. The van der Waals surface area contributed by atoms with Crippen LogP contribution in [0.4, 0.5) is 5.82 Å². The van der Waals surface area contributed by atoms with Gasteiger partial charge in [-0.1, -0.05) is 12.1 Å². The molecule has 1 aliphatic rings. The van der Waals surface area contributed by atoms with Gasteiger partial charge in [-0.25, -0.2) is 9.78 Å². The lowest BCUT2D eigenvalue weighted by atomic mass is 10.1. The molecule has 7 nitrogen and oxygen atoms in total. The second-order valence-electron chi connectivity index (χ2n) is 5.81. The van der Waals surface area contributed by atoms with Crippen LogP contribution in [0, 0.1) is 0 Å². The number of rotatable bonds is 4. The number of aromatic nitrogens is 1. The molecule has 0 atom stereocenters. The Balaban J connectivity index is 1.82. The summed E-state index contributed by atoms with van der Waals surface area (Å²) in [5, 5.41) is 20.9. The molecule has 3 rings (SSSR count). The van der Waals surface area contributed by atoms with E-state index in [1.807, 2.05) is 23.1 Å². The molecule has 0 radical (unpaired) electrons. The van der Waals surface area contributed by atoms with Crippen LogP contribution < -0.4 is 5.32 Å². The summed E-state index contributed by atoms with van der Waals surface area (Å²) in [4.78, 5) is 28.9. The maximum atomic E-state index is 12.1. The Hall–Kier alpha value is -3.19. The molecule has 0 aliphatic carbocycles. The summed E-state index contributed by atoms with van der Waals surface area (Å²) >= 11 is 0. The highest BCUT2D eigenvalue weighted by molar-refractivity contribution is 5.93. The lowest BCUT2D eigenvalue weighted by molar-refractivity contribution is -0.131. The zero-order chi connectivity index (χ0) is 17.8. The zero-order valence-electron chi connectivity index (χ0n) is 13.3. The second-order valence-corrected chi connectivity index (χ2v) is 5.81. The number of carboxylic acids is 1. The number of carbonyl (C=O) groups excluding carboxylic acids is 1. The molecule has 2 heterocycles. The van der Waals surface area contributed by atoms with Gasteiger partial charge in [0.2, 0.25) is 5.91 Å². The molecular weight excluding hydrogens is 322 g/mol.